The van der Waals surface area contributed by atoms with E-state index in [4.69, 9.17) is 8.83 Å². The Morgan fingerprint density at radius 3 is 1.64 bits per heavy atom. The van der Waals surface area contributed by atoms with Crippen LogP contribution in [-0.2, 0) is 0 Å². The Balaban J connectivity index is 1.46. The Kier molecular flexibility index (Phi) is 4.31. The largest absolute Gasteiger partial charge is 0.456 e. The lowest BCUT2D eigenvalue weighted by Crippen LogP contribution is -2.06. The maximum Gasteiger partial charge on any atom is 0.200 e. The Morgan fingerprint density at radius 1 is 0.487 bits per heavy atom. The highest BCUT2D eigenvalue weighted by molar-refractivity contribution is 6.11. The molecule has 0 aliphatic carbocycles. The van der Waals surface area contributed by atoms with Gasteiger partial charge < -0.3 is 13.4 Å². The third-order valence-electron chi connectivity index (χ3n) is 7.82. The van der Waals surface area contributed by atoms with Crippen LogP contribution in [0.1, 0.15) is 11.1 Å². The molecule has 0 bridgehead atoms. The normalized spacial score (nSPS) is 12.1. The van der Waals surface area contributed by atoms with Gasteiger partial charge in [0.25, 0.3) is 0 Å². The number of benzene rings is 5. The molecule has 5 nitrogen and oxygen atoms in total. The summed E-state index contributed by atoms with van der Waals surface area (Å²) in [5.41, 5.74) is 6.83. The van der Waals surface area contributed by atoms with Gasteiger partial charge >= 0.3 is 0 Å². The molecule has 8 rings (SSSR count). The number of hydrogen-bond acceptors (Lipinski definition) is 4. The minimum absolute atomic E-state index is 0.151. The fourth-order valence-corrected chi connectivity index (χ4v) is 5.99. The van der Waals surface area contributed by atoms with Crippen LogP contribution in [0.4, 0.5) is 0 Å². The highest BCUT2D eigenvalue weighted by Gasteiger charge is 2.18. The maximum absolute atomic E-state index is 13.6. The number of aromatic nitrogens is 1. The number of aryl methyl sites for hydroxylation is 2. The molecule has 0 unspecified atom stereocenters. The summed E-state index contributed by atoms with van der Waals surface area (Å²) < 4.78 is 14.6. The molecule has 3 aromatic heterocycles. The summed E-state index contributed by atoms with van der Waals surface area (Å²) in [4.78, 5) is 26.8. The first-order valence-corrected chi connectivity index (χ1v) is 12.9. The molecule has 0 radical (unpaired) electrons. The van der Waals surface area contributed by atoms with Gasteiger partial charge in [0.1, 0.15) is 22.3 Å². The zero-order valence-electron chi connectivity index (χ0n) is 21.2. The fraction of sp³-hybridized carbons (Fsp3) is 0.0588. The lowest BCUT2D eigenvalue weighted by molar-refractivity contribution is 0.652. The Morgan fingerprint density at radius 2 is 1.00 bits per heavy atom. The molecule has 186 valence electrons. The van der Waals surface area contributed by atoms with Crippen molar-refractivity contribution >= 4 is 65.7 Å². The van der Waals surface area contributed by atoms with E-state index < -0.39 is 0 Å². The van der Waals surface area contributed by atoms with Crippen molar-refractivity contribution in [1.82, 2.24) is 4.57 Å². The molecule has 39 heavy (non-hydrogen) atoms. The van der Waals surface area contributed by atoms with Crippen molar-refractivity contribution in [2.24, 2.45) is 0 Å². The smallest absolute Gasteiger partial charge is 0.200 e. The molecule has 0 aliphatic heterocycles. The fourth-order valence-electron chi connectivity index (χ4n) is 5.99. The van der Waals surface area contributed by atoms with Crippen LogP contribution in [0.15, 0.2) is 109 Å². The lowest BCUT2D eigenvalue weighted by Gasteiger charge is -2.12. The van der Waals surface area contributed by atoms with Gasteiger partial charge in [0.15, 0.2) is 0 Å². The minimum Gasteiger partial charge on any atom is -0.456 e. The highest BCUT2D eigenvalue weighted by atomic mass is 16.3. The van der Waals surface area contributed by atoms with E-state index in [-0.39, 0.29) is 10.9 Å². The first-order valence-electron chi connectivity index (χ1n) is 12.9. The van der Waals surface area contributed by atoms with E-state index in [0.29, 0.717) is 43.9 Å². The van der Waals surface area contributed by atoms with E-state index in [2.05, 4.69) is 54.8 Å². The van der Waals surface area contributed by atoms with Crippen LogP contribution in [0.2, 0.25) is 0 Å². The molecule has 0 amide bonds. The van der Waals surface area contributed by atoms with Crippen LogP contribution in [0.3, 0.4) is 0 Å². The number of rotatable bonds is 1. The minimum atomic E-state index is -0.162. The van der Waals surface area contributed by atoms with E-state index in [1.807, 2.05) is 24.3 Å². The standard InChI is InChI=1S/C34H21NO4/c1-18-7-5-10-21-22-11-6-8-19(2)32(22)35(31(18)21)20-13-14-24-28(15-20)39-30-17-25-29(16-26(30)34(24)37)38-27-12-4-3-9-23(27)33(25)36/h3-17H,1-2H3. The molecule has 0 N–H and O–H groups in total. The SMILES string of the molecule is Cc1cccc2c3cccc(C)c3n(-c3ccc4c(=O)c5cc6oc7ccccc7c(=O)c6cc5oc4c3)c12. The van der Waals surface area contributed by atoms with E-state index in [1.165, 1.54) is 10.8 Å². The van der Waals surface area contributed by atoms with Crippen molar-refractivity contribution in [3.63, 3.8) is 0 Å². The molecule has 5 aromatic carbocycles. The summed E-state index contributed by atoms with van der Waals surface area (Å²) >= 11 is 0. The Bertz CT molecular complexity index is 2400. The number of fused-ring (bicyclic) bond motifs is 7. The second-order valence-corrected chi connectivity index (χ2v) is 10.2. The third-order valence-corrected chi connectivity index (χ3v) is 7.82. The van der Waals surface area contributed by atoms with Crippen LogP contribution in [-0.4, -0.2) is 4.57 Å². The van der Waals surface area contributed by atoms with Gasteiger partial charge in [0.05, 0.1) is 32.6 Å². The highest BCUT2D eigenvalue weighted by Crippen LogP contribution is 2.36. The average Bonchev–Trinajstić information content (AvgIpc) is 3.30. The predicted molar refractivity (Wildman–Crippen MR) is 157 cm³/mol. The van der Waals surface area contributed by atoms with E-state index in [0.717, 1.165) is 27.8 Å². The molecule has 3 heterocycles. The zero-order chi connectivity index (χ0) is 26.4. The molecule has 0 spiro atoms. The van der Waals surface area contributed by atoms with Crippen LogP contribution in [0.25, 0.3) is 71.4 Å². The second-order valence-electron chi connectivity index (χ2n) is 10.2. The molecule has 0 atom stereocenters. The van der Waals surface area contributed by atoms with Crippen molar-refractivity contribution in [3.8, 4) is 5.69 Å². The average molecular weight is 508 g/mol. The van der Waals surface area contributed by atoms with Crippen molar-refractivity contribution in [2.45, 2.75) is 13.8 Å². The Hall–Kier alpha value is -5.16. The number of para-hydroxylation sites is 3. The van der Waals surface area contributed by atoms with Gasteiger partial charge in [-0.05, 0) is 61.4 Å². The molecule has 0 aliphatic rings. The topological polar surface area (TPSA) is 65.3 Å². The van der Waals surface area contributed by atoms with Crippen molar-refractivity contribution in [2.75, 3.05) is 0 Å². The molecule has 8 aromatic rings. The summed E-state index contributed by atoms with van der Waals surface area (Å²) in [6.45, 7) is 4.23. The van der Waals surface area contributed by atoms with Crippen molar-refractivity contribution in [1.29, 1.82) is 0 Å². The predicted octanol–water partition coefficient (Wildman–Crippen LogP) is 7.92. The monoisotopic (exact) mass is 507 g/mol. The van der Waals surface area contributed by atoms with Crippen molar-refractivity contribution in [3.05, 3.63) is 123 Å². The van der Waals surface area contributed by atoms with Crippen LogP contribution < -0.4 is 10.9 Å². The third kappa shape index (κ3) is 2.95. The van der Waals surface area contributed by atoms with Crippen LogP contribution >= 0.6 is 0 Å². The first kappa shape index (κ1) is 21.9. The molecule has 0 saturated carbocycles. The Labute approximate surface area is 221 Å². The first-order chi connectivity index (χ1) is 19.0. The van der Waals surface area contributed by atoms with Gasteiger partial charge in [-0.25, -0.2) is 0 Å². The summed E-state index contributed by atoms with van der Waals surface area (Å²) in [6, 6.07) is 28.8. The van der Waals surface area contributed by atoms with Gasteiger partial charge in [-0.15, -0.1) is 0 Å². The number of nitrogens with zero attached hydrogens (tertiary/aromatic N) is 1. The van der Waals surface area contributed by atoms with Crippen LogP contribution in [0.5, 0.6) is 0 Å². The van der Waals surface area contributed by atoms with Gasteiger partial charge in [-0.3, -0.25) is 9.59 Å². The molecular weight excluding hydrogens is 486 g/mol. The van der Waals surface area contributed by atoms with Gasteiger partial charge in [-0.1, -0.05) is 48.5 Å². The lowest BCUT2D eigenvalue weighted by atomic mass is 10.1. The molecular formula is C34H21NO4. The quantitative estimate of drug-likeness (QED) is 0.212. The van der Waals surface area contributed by atoms with Gasteiger partial charge in [-0.2, -0.15) is 0 Å². The summed E-state index contributed by atoms with van der Waals surface area (Å²) in [5.74, 6) is 0. The summed E-state index contributed by atoms with van der Waals surface area (Å²) in [6.07, 6.45) is 0. The molecule has 0 fully saturated rings. The second kappa shape index (κ2) is 7.68. The molecule has 5 heteroatoms. The summed E-state index contributed by atoms with van der Waals surface area (Å²) in [5, 5.41) is 4.09. The van der Waals surface area contributed by atoms with Gasteiger partial charge in [0.2, 0.25) is 10.9 Å². The molecule has 0 saturated heterocycles. The van der Waals surface area contributed by atoms with E-state index >= 15 is 0 Å². The van der Waals surface area contributed by atoms with E-state index in [1.54, 1.807) is 30.3 Å². The van der Waals surface area contributed by atoms with Crippen LogP contribution in [0, 0.1) is 13.8 Å². The van der Waals surface area contributed by atoms with E-state index in [9.17, 15) is 9.59 Å². The van der Waals surface area contributed by atoms with Gasteiger partial charge in [0, 0.05) is 22.5 Å². The zero-order valence-corrected chi connectivity index (χ0v) is 21.2. The van der Waals surface area contributed by atoms with Crippen molar-refractivity contribution < 1.29 is 8.83 Å². The number of hydrogen-bond donors (Lipinski definition) is 0. The summed E-state index contributed by atoms with van der Waals surface area (Å²) in [7, 11) is 0. The maximum atomic E-state index is 13.6.